The predicted molar refractivity (Wildman–Crippen MR) is 119 cm³/mol. The van der Waals surface area contributed by atoms with Gasteiger partial charge in [0.2, 0.25) is 5.75 Å². The van der Waals surface area contributed by atoms with E-state index in [2.05, 4.69) is 9.88 Å². The molecule has 1 amide bonds. The van der Waals surface area contributed by atoms with E-state index in [9.17, 15) is 14.9 Å². The Hall–Kier alpha value is -3.56. The van der Waals surface area contributed by atoms with Crippen molar-refractivity contribution in [1.82, 2.24) is 9.88 Å². The standard InChI is InChI=1S/C22H28N4O6/c1-4-30-18-13-16(14-19(31-5-2)21(18)32-6-3)22(27)25-11-9-24(10-12-25)17-7-8-20(23-15-17)26(28)29/h7-8,13-15H,4-6,9-12H2,1-3H3. The van der Waals surface area contributed by atoms with E-state index in [-0.39, 0.29) is 11.7 Å². The molecule has 1 aliphatic rings. The summed E-state index contributed by atoms with van der Waals surface area (Å²) in [5.41, 5.74) is 1.27. The maximum absolute atomic E-state index is 13.2. The second-order valence-electron chi connectivity index (χ2n) is 7.01. The number of carbonyl (C=O) groups is 1. The van der Waals surface area contributed by atoms with E-state index in [1.165, 1.54) is 12.3 Å². The van der Waals surface area contributed by atoms with Gasteiger partial charge < -0.3 is 34.1 Å². The van der Waals surface area contributed by atoms with E-state index < -0.39 is 4.92 Å². The molecule has 1 aromatic heterocycles. The zero-order valence-electron chi connectivity index (χ0n) is 18.6. The molecule has 172 valence electrons. The van der Waals surface area contributed by atoms with Gasteiger partial charge in [-0.05, 0) is 48.9 Å². The van der Waals surface area contributed by atoms with E-state index >= 15 is 0 Å². The molecule has 0 spiro atoms. The van der Waals surface area contributed by atoms with E-state index in [4.69, 9.17) is 14.2 Å². The quantitative estimate of drug-likeness (QED) is 0.429. The van der Waals surface area contributed by atoms with Crippen LogP contribution in [0.5, 0.6) is 17.2 Å². The van der Waals surface area contributed by atoms with Gasteiger partial charge in [0.15, 0.2) is 17.7 Å². The molecule has 0 aliphatic carbocycles. The fourth-order valence-corrected chi connectivity index (χ4v) is 3.54. The number of hydrogen-bond donors (Lipinski definition) is 0. The maximum Gasteiger partial charge on any atom is 0.363 e. The Balaban J connectivity index is 1.74. The molecule has 32 heavy (non-hydrogen) atoms. The number of ether oxygens (including phenoxy) is 3. The van der Waals surface area contributed by atoms with Crippen molar-refractivity contribution in [3.63, 3.8) is 0 Å². The van der Waals surface area contributed by atoms with Crippen LogP contribution in [0, 0.1) is 10.1 Å². The van der Waals surface area contributed by atoms with Crippen LogP contribution in [0.1, 0.15) is 31.1 Å². The molecule has 1 saturated heterocycles. The van der Waals surface area contributed by atoms with Crippen LogP contribution in [0.4, 0.5) is 11.5 Å². The lowest BCUT2D eigenvalue weighted by atomic mass is 10.1. The Morgan fingerprint density at radius 1 is 1.00 bits per heavy atom. The summed E-state index contributed by atoms with van der Waals surface area (Å²) in [4.78, 5) is 31.2. The Morgan fingerprint density at radius 3 is 2.06 bits per heavy atom. The van der Waals surface area contributed by atoms with Gasteiger partial charge in [0, 0.05) is 37.8 Å². The van der Waals surface area contributed by atoms with Gasteiger partial charge in [0.05, 0.1) is 25.5 Å². The van der Waals surface area contributed by atoms with Crippen LogP contribution in [-0.4, -0.2) is 66.7 Å². The second kappa shape index (κ2) is 10.7. The van der Waals surface area contributed by atoms with Crippen LogP contribution >= 0.6 is 0 Å². The summed E-state index contributed by atoms with van der Waals surface area (Å²) in [6.45, 7) is 9.16. The van der Waals surface area contributed by atoms with Crippen LogP contribution in [0.3, 0.4) is 0 Å². The van der Waals surface area contributed by atoms with Crippen molar-refractivity contribution in [2.45, 2.75) is 20.8 Å². The molecule has 2 heterocycles. The molecule has 3 rings (SSSR count). The summed E-state index contributed by atoms with van der Waals surface area (Å²) in [7, 11) is 0. The van der Waals surface area contributed by atoms with Crippen molar-refractivity contribution in [3.05, 3.63) is 46.1 Å². The third-order valence-electron chi connectivity index (χ3n) is 5.01. The van der Waals surface area contributed by atoms with Gasteiger partial charge in [0.25, 0.3) is 5.91 Å². The smallest absolute Gasteiger partial charge is 0.363 e. The van der Waals surface area contributed by atoms with Crippen molar-refractivity contribution >= 4 is 17.4 Å². The molecule has 1 fully saturated rings. The SMILES string of the molecule is CCOc1cc(C(=O)N2CCN(c3ccc([N+](=O)[O-])nc3)CC2)cc(OCC)c1OCC. The van der Waals surface area contributed by atoms with Crippen molar-refractivity contribution in [2.75, 3.05) is 50.9 Å². The van der Waals surface area contributed by atoms with Crippen molar-refractivity contribution in [1.29, 1.82) is 0 Å². The molecule has 10 heteroatoms. The lowest BCUT2D eigenvalue weighted by molar-refractivity contribution is -0.389. The summed E-state index contributed by atoms with van der Waals surface area (Å²) in [6.07, 6.45) is 1.49. The lowest BCUT2D eigenvalue weighted by Crippen LogP contribution is -2.48. The largest absolute Gasteiger partial charge is 0.490 e. The minimum Gasteiger partial charge on any atom is -0.490 e. The Labute approximate surface area is 186 Å². The number of amides is 1. The van der Waals surface area contributed by atoms with Gasteiger partial charge in [0.1, 0.15) is 0 Å². The average molecular weight is 444 g/mol. The molecule has 0 radical (unpaired) electrons. The molecule has 0 N–H and O–H groups in total. The second-order valence-corrected chi connectivity index (χ2v) is 7.01. The normalized spacial score (nSPS) is 13.6. The first-order valence-corrected chi connectivity index (χ1v) is 10.7. The summed E-state index contributed by atoms with van der Waals surface area (Å²) in [6, 6.07) is 6.47. The first-order chi connectivity index (χ1) is 15.5. The van der Waals surface area contributed by atoms with Gasteiger partial charge >= 0.3 is 5.82 Å². The fraction of sp³-hybridized carbons (Fsp3) is 0.455. The van der Waals surface area contributed by atoms with E-state index in [1.807, 2.05) is 20.8 Å². The molecule has 1 aliphatic heterocycles. The number of pyridine rings is 1. The third-order valence-corrected chi connectivity index (χ3v) is 5.01. The maximum atomic E-state index is 13.2. The highest BCUT2D eigenvalue weighted by atomic mass is 16.6. The number of rotatable bonds is 9. The van der Waals surface area contributed by atoms with E-state index in [0.29, 0.717) is 68.8 Å². The average Bonchev–Trinajstić information content (AvgIpc) is 2.81. The molecule has 0 bridgehead atoms. The Morgan fingerprint density at radius 2 is 1.59 bits per heavy atom. The monoisotopic (exact) mass is 444 g/mol. The van der Waals surface area contributed by atoms with Crippen molar-refractivity contribution in [2.24, 2.45) is 0 Å². The zero-order valence-corrected chi connectivity index (χ0v) is 18.6. The number of nitrogens with zero attached hydrogens (tertiary/aromatic N) is 4. The summed E-state index contributed by atoms with van der Waals surface area (Å²) >= 11 is 0. The van der Waals surface area contributed by atoms with Gasteiger partial charge in [-0.2, -0.15) is 0 Å². The van der Waals surface area contributed by atoms with E-state index in [1.54, 1.807) is 23.1 Å². The highest BCUT2D eigenvalue weighted by Crippen LogP contribution is 2.39. The number of carbonyl (C=O) groups excluding carboxylic acids is 1. The summed E-state index contributed by atoms with van der Waals surface area (Å²) < 4.78 is 17.1. The molecule has 0 saturated carbocycles. The van der Waals surface area contributed by atoms with E-state index in [0.717, 1.165) is 5.69 Å². The molecule has 1 aromatic carbocycles. The predicted octanol–water partition coefficient (Wildman–Crippen LogP) is 3.15. The van der Waals surface area contributed by atoms with Crippen molar-refractivity contribution in [3.8, 4) is 17.2 Å². The van der Waals surface area contributed by atoms with Crippen LogP contribution in [0.15, 0.2) is 30.5 Å². The number of nitro groups is 1. The van der Waals surface area contributed by atoms with Gasteiger partial charge in [-0.15, -0.1) is 0 Å². The fourth-order valence-electron chi connectivity index (χ4n) is 3.54. The Kier molecular flexibility index (Phi) is 7.69. The molecular weight excluding hydrogens is 416 g/mol. The highest BCUT2D eigenvalue weighted by Gasteiger charge is 2.26. The summed E-state index contributed by atoms with van der Waals surface area (Å²) in [5.74, 6) is 1.17. The van der Waals surface area contributed by atoms with Gasteiger partial charge in [-0.25, -0.2) is 0 Å². The molecular formula is C22H28N4O6. The minimum absolute atomic E-state index is 0.114. The number of benzene rings is 1. The van der Waals surface area contributed by atoms with Gasteiger partial charge in [-0.1, -0.05) is 0 Å². The topological polar surface area (TPSA) is 107 Å². The van der Waals surface area contributed by atoms with Crippen LogP contribution < -0.4 is 19.1 Å². The number of piperazine rings is 1. The first kappa shape index (κ1) is 23.1. The first-order valence-electron chi connectivity index (χ1n) is 10.7. The van der Waals surface area contributed by atoms with Crippen LogP contribution in [0.25, 0.3) is 0 Å². The van der Waals surface area contributed by atoms with Crippen LogP contribution in [-0.2, 0) is 0 Å². The molecule has 0 atom stereocenters. The molecule has 0 unspecified atom stereocenters. The van der Waals surface area contributed by atoms with Gasteiger partial charge in [-0.3, -0.25) is 4.79 Å². The minimum atomic E-state index is -0.524. The third kappa shape index (κ3) is 5.19. The number of anilines is 1. The van der Waals surface area contributed by atoms with Crippen molar-refractivity contribution < 1.29 is 23.9 Å². The zero-order chi connectivity index (χ0) is 23.1. The van der Waals surface area contributed by atoms with Crippen LogP contribution in [0.2, 0.25) is 0 Å². The highest BCUT2D eigenvalue weighted by molar-refractivity contribution is 5.95. The molecule has 2 aromatic rings. The lowest BCUT2D eigenvalue weighted by Gasteiger charge is -2.35. The number of hydrogen-bond acceptors (Lipinski definition) is 8. The summed E-state index contributed by atoms with van der Waals surface area (Å²) in [5, 5.41) is 10.8. The molecule has 10 nitrogen and oxygen atoms in total. The number of aromatic nitrogens is 1. The Bertz CT molecular complexity index is 915.